The van der Waals surface area contributed by atoms with Crippen LogP contribution in [0.3, 0.4) is 0 Å². The number of amides is 1. The number of cyclic esters (lactones) is 1. The number of nitrogens with two attached hydrogens (primary N) is 1. The van der Waals surface area contributed by atoms with Crippen molar-refractivity contribution in [2.24, 2.45) is 10.7 Å². The smallest absolute Gasteiger partial charge is 0.414 e. The minimum absolute atomic E-state index is 0.215. The molecule has 1 amide bonds. The van der Waals surface area contributed by atoms with Gasteiger partial charge < -0.3 is 15.8 Å². The van der Waals surface area contributed by atoms with Crippen molar-refractivity contribution in [2.45, 2.75) is 6.10 Å². The molecule has 0 aromatic heterocycles. The molecule has 6 heteroatoms. The summed E-state index contributed by atoms with van der Waals surface area (Å²) in [4.78, 5) is 17.7. The summed E-state index contributed by atoms with van der Waals surface area (Å²) in [6.45, 7) is 2.55. The van der Waals surface area contributed by atoms with Crippen LogP contribution in [0, 0.1) is 0 Å². The second-order valence-corrected chi connectivity index (χ2v) is 4.56. The van der Waals surface area contributed by atoms with Gasteiger partial charge in [-0.1, -0.05) is 0 Å². The van der Waals surface area contributed by atoms with Crippen LogP contribution in [0.5, 0.6) is 0 Å². The normalized spacial score (nSPS) is 22.2. The topological polar surface area (TPSA) is 80.0 Å². The van der Waals surface area contributed by atoms with Gasteiger partial charge in [0.25, 0.3) is 0 Å². The van der Waals surface area contributed by atoms with Crippen molar-refractivity contribution in [3.8, 4) is 0 Å². The Labute approximate surface area is 111 Å². The van der Waals surface area contributed by atoms with E-state index >= 15 is 0 Å². The van der Waals surface area contributed by atoms with Gasteiger partial charge >= 0.3 is 6.09 Å². The Morgan fingerprint density at radius 2 is 2.21 bits per heavy atom. The van der Waals surface area contributed by atoms with Gasteiger partial charge in [-0.25, -0.2) is 4.79 Å². The van der Waals surface area contributed by atoms with E-state index in [-0.39, 0.29) is 12.2 Å². The summed E-state index contributed by atoms with van der Waals surface area (Å²) in [5, 5.41) is 3.22. The van der Waals surface area contributed by atoms with Crippen LogP contribution in [0.25, 0.3) is 0 Å². The Bertz CT molecular complexity index is 512. The summed E-state index contributed by atoms with van der Waals surface area (Å²) >= 11 is 0. The highest BCUT2D eigenvalue weighted by atomic mass is 16.6. The molecule has 3 rings (SSSR count). The van der Waals surface area contributed by atoms with Gasteiger partial charge in [0.15, 0.2) is 0 Å². The van der Waals surface area contributed by atoms with Crippen molar-refractivity contribution in [1.82, 2.24) is 5.32 Å². The van der Waals surface area contributed by atoms with Gasteiger partial charge in [0, 0.05) is 24.3 Å². The Kier molecular flexibility index (Phi) is 3.08. The molecule has 0 spiro atoms. The lowest BCUT2D eigenvalue weighted by Crippen LogP contribution is -2.27. The number of anilines is 1. The number of aliphatic imine (C=N–C) groups is 1. The van der Waals surface area contributed by atoms with Gasteiger partial charge in [0.05, 0.1) is 13.1 Å². The molecule has 0 bridgehead atoms. The van der Waals surface area contributed by atoms with Crippen LogP contribution in [0.1, 0.15) is 5.56 Å². The molecule has 2 aliphatic rings. The lowest BCUT2D eigenvalue weighted by Gasteiger charge is -2.13. The van der Waals surface area contributed by atoms with Crippen LogP contribution in [-0.2, 0) is 4.74 Å². The van der Waals surface area contributed by atoms with E-state index in [9.17, 15) is 4.79 Å². The van der Waals surface area contributed by atoms with Crippen LogP contribution < -0.4 is 16.0 Å². The Balaban J connectivity index is 1.77. The zero-order chi connectivity index (χ0) is 13.2. The first-order chi connectivity index (χ1) is 9.28. The van der Waals surface area contributed by atoms with Gasteiger partial charge in [0.2, 0.25) is 0 Å². The second-order valence-electron chi connectivity index (χ2n) is 4.56. The molecule has 1 saturated heterocycles. The second kappa shape index (κ2) is 4.89. The first-order valence-corrected chi connectivity index (χ1v) is 6.35. The molecule has 1 aromatic rings. The summed E-state index contributed by atoms with van der Waals surface area (Å²) in [7, 11) is 0. The molecule has 0 aliphatic carbocycles. The van der Waals surface area contributed by atoms with E-state index in [0.29, 0.717) is 13.1 Å². The molecule has 100 valence electrons. The predicted molar refractivity (Wildman–Crippen MR) is 72.5 cm³/mol. The number of rotatable bonds is 3. The molecular formula is C13H16N4O2. The fourth-order valence-electron chi connectivity index (χ4n) is 2.25. The van der Waals surface area contributed by atoms with E-state index in [0.717, 1.165) is 30.2 Å². The van der Waals surface area contributed by atoms with Crippen molar-refractivity contribution in [3.05, 3.63) is 29.8 Å². The predicted octanol–water partition coefficient (Wildman–Crippen LogP) is 0.320. The molecule has 6 nitrogen and oxygen atoms in total. The fraction of sp³-hybridized carbons (Fsp3) is 0.385. The maximum Gasteiger partial charge on any atom is 0.414 e. The highest BCUT2D eigenvalue weighted by Gasteiger charge is 2.31. The highest BCUT2D eigenvalue weighted by molar-refractivity contribution is 6.00. The number of carbonyl (C=O) groups is 1. The number of hydrogen-bond acceptors (Lipinski definition) is 5. The van der Waals surface area contributed by atoms with Crippen LogP contribution in [-0.4, -0.2) is 44.2 Å². The van der Waals surface area contributed by atoms with Crippen LogP contribution >= 0.6 is 0 Å². The number of carbonyl (C=O) groups excluding carboxylic acids is 1. The fourth-order valence-corrected chi connectivity index (χ4v) is 2.25. The highest BCUT2D eigenvalue weighted by Crippen LogP contribution is 2.22. The third-order valence-corrected chi connectivity index (χ3v) is 3.26. The quantitative estimate of drug-likeness (QED) is 0.820. The number of benzene rings is 1. The summed E-state index contributed by atoms with van der Waals surface area (Å²) in [6.07, 6.45) is -0.549. The zero-order valence-electron chi connectivity index (χ0n) is 10.5. The molecule has 1 aromatic carbocycles. The molecular weight excluding hydrogens is 244 g/mol. The number of ether oxygens (including phenoxy) is 1. The van der Waals surface area contributed by atoms with Gasteiger partial charge in [-0.2, -0.15) is 0 Å². The summed E-state index contributed by atoms with van der Waals surface area (Å²) < 4.78 is 5.13. The number of nitrogens with one attached hydrogen (secondary N) is 1. The SMILES string of the molecule is NC[C@H]1CN(c2ccc(C3=NCCN3)cc2)C(=O)O1. The first kappa shape index (κ1) is 12.0. The van der Waals surface area contributed by atoms with Gasteiger partial charge in [-0.15, -0.1) is 0 Å². The lowest BCUT2D eigenvalue weighted by molar-refractivity contribution is 0.145. The number of nitrogens with zero attached hydrogens (tertiary/aromatic N) is 2. The zero-order valence-corrected chi connectivity index (χ0v) is 10.5. The first-order valence-electron chi connectivity index (χ1n) is 6.35. The van der Waals surface area contributed by atoms with Crippen molar-refractivity contribution in [3.63, 3.8) is 0 Å². The van der Waals surface area contributed by atoms with E-state index in [2.05, 4.69) is 10.3 Å². The maximum atomic E-state index is 11.7. The van der Waals surface area contributed by atoms with E-state index in [1.807, 2.05) is 24.3 Å². The lowest BCUT2D eigenvalue weighted by atomic mass is 10.2. The average Bonchev–Trinajstić information content (AvgIpc) is 3.08. The van der Waals surface area contributed by atoms with Crippen molar-refractivity contribution in [2.75, 3.05) is 31.1 Å². The van der Waals surface area contributed by atoms with Gasteiger partial charge in [-0.05, 0) is 24.3 Å². The third-order valence-electron chi connectivity index (χ3n) is 3.26. The van der Waals surface area contributed by atoms with Crippen molar-refractivity contribution >= 4 is 17.6 Å². The molecule has 0 unspecified atom stereocenters. The summed E-state index contributed by atoms with van der Waals surface area (Å²) in [5.41, 5.74) is 7.37. The molecule has 1 atom stereocenters. The minimum Gasteiger partial charge on any atom is -0.443 e. The Morgan fingerprint density at radius 3 is 2.79 bits per heavy atom. The van der Waals surface area contributed by atoms with Gasteiger partial charge in [0.1, 0.15) is 11.9 Å². The molecule has 2 heterocycles. The number of hydrogen-bond donors (Lipinski definition) is 2. The van der Waals surface area contributed by atoms with Crippen LogP contribution in [0.15, 0.2) is 29.3 Å². The minimum atomic E-state index is -0.334. The standard InChI is InChI=1S/C13H16N4O2/c14-7-11-8-17(13(18)19-11)10-3-1-9(2-4-10)12-15-5-6-16-12/h1-4,11H,5-8,14H2,(H,15,16)/t11-/m0/s1. The molecule has 3 N–H and O–H groups in total. The number of amidine groups is 1. The third kappa shape index (κ3) is 2.26. The molecule has 19 heavy (non-hydrogen) atoms. The van der Waals surface area contributed by atoms with E-state index in [1.165, 1.54) is 0 Å². The van der Waals surface area contributed by atoms with E-state index in [4.69, 9.17) is 10.5 Å². The molecule has 0 radical (unpaired) electrons. The van der Waals surface area contributed by atoms with Gasteiger partial charge in [-0.3, -0.25) is 9.89 Å². The molecule has 2 aliphatic heterocycles. The van der Waals surface area contributed by atoms with E-state index < -0.39 is 0 Å². The van der Waals surface area contributed by atoms with Crippen molar-refractivity contribution in [1.29, 1.82) is 0 Å². The maximum absolute atomic E-state index is 11.7. The van der Waals surface area contributed by atoms with Crippen molar-refractivity contribution < 1.29 is 9.53 Å². The summed E-state index contributed by atoms with van der Waals surface area (Å²) in [6, 6.07) is 7.71. The van der Waals surface area contributed by atoms with Crippen LogP contribution in [0.2, 0.25) is 0 Å². The summed E-state index contributed by atoms with van der Waals surface area (Å²) in [5.74, 6) is 0.912. The largest absolute Gasteiger partial charge is 0.443 e. The monoisotopic (exact) mass is 260 g/mol. The average molecular weight is 260 g/mol. The molecule has 0 saturated carbocycles. The molecule has 1 fully saturated rings. The Hall–Kier alpha value is -2.08. The Morgan fingerprint density at radius 1 is 1.42 bits per heavy atom. The van der Waals surface area contributed by atoms with Crippen LogP contribution in [0.4, 0.5) is 10.5 Å². The van der Waals surface area contributed by atoms with E-state index in [1.54, 1.807) is 4.90 Å².